The summed E-state index contributed by atoms with van der Waals surface area (Å²) in [6, 6.07) is 2.49. The van der Waals surface area contributed by atoms with E-state index in [1.165, 1.54) is 12.1 Å². The van der Waals surface area contributed by atoms with Gasteiger partial charge in [-0.15, -0.1) is 0 Å². The Morgan fingerprint density at radius 2 is 2.19 bits per heavy atom. The van der Waals surface area contributed by atoms with E-state index in [0.29, 0.717) is 17.3 Å². The number of benzene rings is 1. The average molecular weight is 381 g/mol. The molecule has 1 fully saturated rings. The van der Waals surface area contributed by atoms with Gasteiger partial charge in [0.15, 0.2) is 0 Å². The highest BCUT2D eigenvalue weighted by Crippen LogP contribution is 2.27. The Balaban J connectivity index is 2.26. The second-order valence-corrected chi connectivity index (χ2v) is 7.67. The molecule has 2 unspecified atom stereocenters. The van der Waals surface area contributed by atoms with Crippen molar-refractivity contribution < 1.29 is 17.5 Å². The van der Waals surface area contributed by atoms with Crippen molar-refractivity contribution in [3.05, 3.63) is 28.0 Å². The minimum Gasteiger partial charge on any atom is -0.381 e. The molecule has 3 N–H and O–H groups in total. The van der Waals surface area contributed by atoms with Crippen LogP contribution in [0.2, 0.25) is 0 Å². The molecule has 5 nitrogen and oxygen atoms in total. The van der Waals surface area contributed by atoms with Crippen molar-refractivity contribution in [2.45, 2.75) is 42.8 Å². The number of hydrogen-bond acceptors (Lipinski definition) is 4. The molecule has 1 aromatic carbocycles. The standard InChI is InChI=1S/C13H18BrFN2O3S/c1-20-11-3-2-10(6-11)17-21(18,19)12-5-9(14)4-8(7-16)13(12)15/h4-5,10-11,17H,2-3,6-7,16H2,1H3. The summed E-state index contributed by atoms with van der Waals surface area (Å²) in [6.45, 7) is -0.0665. The van der Waals surface area contributed by atoms with E-state index in [4.69, 9.17) is 10.5 Å². The second kappa shape index (κ2) is 6.70. The van der Waals surface area contributed by atoms with Gasteiger partial charge in [0.1, 0.15) is 10.7 Å². The van der Waals surface area contributed by atoms with Gasteiger partial charge in [0.25, 0.3) is 0 Å². The van der Waals surface area contributed by atoms with Crippen LogP contribution < -0.4 is 10.5 Å². The highest BCUT2D eigenvalue weighted by molar-refractivity contribution is 9.10. The van der Waals surface area contributed by atoms with Crippen LogP contribution in [0, 0.1) is 5.82 Å². The van der Waals surface area contributed by atoms with Crippen molar-refractivity contribution >= 4 is 26.0 Å². The quantitative estimate of drug-likeness (QED) is 0.816. The van der Waals surface area contributed by atoms with Crippen LogP contribution in [0.1, 0.15) is 24.8 Å². The van der Waals surface area contributed by atoms with Gasteiger partial charge < -0.3 is 10.5 Å². The van der Waals surface area contributed by atoms with Gasteiger partial charge in [-0.2, -0.15) is 0 Å². The minimum atomic E-state index is -3.93. The van der Waals surface area contributed by atoms with E-state index < -0.39 is 15.8 Å². The largest absolute Gasteiger partial charge is 0.381 e. The Morgan fingerprint density at radius 3 is 2.76 bits per heavy atom. The van der Waals surface area contributed by atoms with Crippen LogP contribution in [0.3, 0.4) is 0 Å². The average Bonchev–Trinajstić information content (AvgIpc) is 2.87. The highest BCUT2D eigenvalue weighted by atomic mass is 79.9. The summed E-state index contributed by atoms with van der Waals surface area (Å²) in [6.07, 6.45) is 2.11. The molecule has 1 saturated carbocycles. The molecule has 1 aromatic rings. The maximum atomic E-state index is 14.2. The summed E-state index contributed by atoms with van der Waals surface area (Å²) in [5.41, 5.74) is 5.60. The SMILES string of the molecule is COC1CCC(NS(=O)(=O)c2cc(Br)cc(CN)c2F)C1. The fourth-order valence-corrected chi connectivity index (χ4v) is 4.59. The van der Waals surface area contributed by atoms with Crippen molar-refractivity contribution in [2.75, 3.05) is 7.11 Å². The van der Waals surface area contributed by atoms with E-state index in [-0.39, 0.29) is 29.1 Å². The van der Waals surface area contributed by atoms with Crippen molar-refractivity contribution in [1.29, 1.82) is 0 Å². The molecule has 0 aliphatic heterocycles. The minimum absolute atomic E-state index is 0.0460. The number of hydrogen-bond donors (Lipinski definition) is 2. The zero-order valence-electron chi connectivity index (χ0n) is 11.6. The van der Waals surface area contributed by atoms with E-state index in [1.54, 1.807) is 7.11 Å². The second-order valence-electron chi connectivity index (χ2n) is 5.07. The smallest absolute Gasteiger partial charge is 0.243 e. The van der Waals surface area contributed by atoms with Crippen LogP contribution >= 0.6 is 15.9 Å². The van der Waals surface area contributed by atoms with Crippen LogP contribution in [0.4, 0.5) is 4.39 Å². The first-order valence-electron chi connectivity index (χ1n) is 6.60. The van der Waals surface area contributed by atoms with Gasteiger partial charge in [-0.3, -0.25) is 0 Å². The number of sulfonamides is 1. The Bertz CT molecular complexity index is 624. The number of rotatable bonds is 5. The van der Waals surface area contributed by atoms with Gasteiger partial charge in [-0.05, 0) is 31.4 Å². The summed E-state index contributed by atoms with van der Waals surface area (Å²) in [7, 11) is -2.33. The molecule has 21 heavy (non-hydrogen) atoms. The molecule has 0 radical (unpaired) electrons. The number of halogens is 2. The third-order valence-corrected chi connectivity index (χ3v) is 5.61. The maximum Gasteiger partial charge on any atom is 0.243 e. The molecule has 0 bridgehead atoms. The van der Waals surface area contributed by atoms with Gasteiger partial charge in [-0.1, -0.05) is 15.9 Å². The lowest BCUT2D eigenvalue weighted by Crippen LogP contribution is -2.34. The molecule has 0 spiro atoms. The van der Waals surface area contributed by atoms with E-state index >= 15 is 0 Å². The molecule has 118 valence electrons. The van der Waals surface area contributed by atoms with Gasteiger partial charge in [0.05, 0.1) is 6.10 Å². The lowest BCUT2D eigenvalue weighted by Gasteiger charge is -2.15. The van der Waals surface area contributed by atoms with Crippen molar-refractivity contribution in [2.24, 2.45) is 5.73 Å². The number of nitrogens with one attached hydrogen (secondary N) is 1. The molecule has 0 heterocycles. The van der Waals surface area contributed by atoms with E-state index in [9.17, 15) is 12.8 Å². The van der Waals surface area contributed by atoms with E-state index in [0.717, 1.165) is 6.42 Å². The molecule has 1 aliphatic rings. The van der Waals surface area contributed by atoms with Gasteiger partial charge in [-0.25, -0.2) is 17.5 Å². The van der Waals surface area contributed by atoms with Crippen molar-refractivity contribution in [1.82, 2.24) is 4.72 Å². The predicted octanol–water partition coefficient (Wildman–Crippen LogP) is 1.89. The molecule has 8 heteroatoms. The summed E-state index contributed by atoms with van der Waals surface area (Å²) in [4.78, 5) is -0.377. The summed E-state index contributed by atoms with van der Waals surface area (Å²) < 4.78 is 47.2. The molecule has 0 aromatic heterocycles. The van der Waals surface area contributed by atoms with E-state index in [2.05, 4.69) is 20.7 Å². The molecule has 2 atom stereocenters. The third kappa shape index (κ3) is 3.81. The predicted molar refractivity (Wildman–Crippen MR) is 80.7 cm³/mol. The first-order valence-corrected chi connectivity index (χ1v) is 8.88. The lowest BCUT2D eigenvalue weighted by molar-refractivity contribution is 0.107. The lowest BCUT2D eigenvalue weighted by atomic mass is 10.2. The van der Waals surface area contributed by atoms with Crippen LogP contribution in [-0.4, -0.2) is 27.7 Å². The van der Waals surface area contributed by atoms with Gasteiger partial charge >= 0.3 is 0 Å². The van der Waals surface area contributed by atoms with Crippen LogP contribution in [0.25, 0.3) is 0 Å². The Morgan fingerprint density at radius 1 is 1.48 bits per heavy atom. The van der Waals surface area contributed by atoms with Gasteiger partial charge in [0, 0.05) is 29.7 Å². The summed E-state index contributed by atoms with van der Waals surface area (Å²) in [5.74, 6) is -0.797. The zero-order valence-corrected chi connectivity index (χ0v) is 14.0. The number of nitrogens with two attached hydrogens (primary N) is 1. The normalized spacial score (nSPS) is 22.7. The maximum absolute atomic E-state index is 14.2. The Kier molecular flexibility index (Phi) is 5.37. The molecule has 1 aliphatic carbocycles. The first-order chi connectivity index (χ1) is 9.87. The van der Waals surface area contributed by atoms with Crippen LogP contribution in [0.5, 0.6) is 0 Å². The first kappa shape index (κ1) is 16.8. The van der Waals surface area contributed by atoms with Crippen LogP contribution in [0.15, 0.2) is 21.5 Å². The van der Waals surface area contributed by atoms with E-state index in [1.807, 2.05) is 0 Å². The van der Waals surface area contributed by atoms with Crippen molar-refractivity contribution in [3.63, 3.8) is 0 Å². The monoisotopic (exact) mass is 380 g/mol. The zero-order chi connectivity index (χ0) is 15.6. The topological polar surface area (TPSA) is 81.4 Å². The molecular weight excluding hydrogens is 363 g/mol. The van der Waals surface area contributed by atoms with Crippen LogP contribution in [-0.2, 0) is 21.3 Å². The molecule has 2 rings (SSSR count). The number of ether oxygens (including phenoxy) is 1. The fourth-order valence-electron chi connectivity index (χ4n) is 2.51. The Labute approximate surface area is 132 Å². The van der Waals surface area contributed by atoms with Gasteiger partial charge in [0.2, 0.25) is 10.0 Å². The van der Waals surface area contributed by atoms with Crippen molar-refractivity contribution in [3.8, 4) is 0 Å². The Hall–Kier alpha value is -0.540. The third-order valence-electron chi connectivity index (χ3n) is 3.63. The molecule has 0 amide bonds. The molecular formula is C13H18BrFN2O3S. The number of methoxy groups -OCH3 is 1. The molecule has 0 saturated heterocycles. The summed E-state index contributed by atoms with van der Waals surface area (Å²) >= 11 is 3.18. The highest BCUT2D eigenvalue weighted by Gasteiger charge is 2.30. The summed E-state index contributed by atoms with van der Waals surface area (Å²) in [5, 5.41) is 0. The fraction of sp³-hybridized carbons (Fsp3) is 0.538.